The largest absolute Gasteiger partial charge is 0.300 e. The quantitative estimate of drug-likeness (QED) is 0.343. The number of carbonyl (C=O) groups is 1. The molecule has 0 bridgehead atoms. The van der Waals surface area contributed by atoms with Gasteiger partial charge in [0.05, 0.1) is 0 Å². The van der Waals surface area contributed by atoms with E-state index in [-0.39, 0.29) is 11.7 Å². The number of carbonyl (C=O) groups excluding carboxylic acids is 1. The van der Waals surface area contributed by atoms with Crippen molar-refractivity contribution in [2.24, 2.45) is 5.92 Å². The van der Waals surface area contributed by atoms with Gasteiger partial charge in [0.15, 0.2) is 0 Å². The smallest absolute Gasteiger partial charge is 0.131 e. The fraction of sp³-hybridized carbons (Fsp3) is 0.615. The number of terminal acetylenes is 1. The lowest BCUT2D eigenvalue weighted by molar-refractivity contribution is -0.117. The first-order valence-electron chi connectivity index (χ1n) is 5.31. The third kappa shape index (κ3) is 7.61. The molecule has 0 spiro atoms. The number of hydrogen-bond donors (Lipinski definition) is 0. The first-order valence-corrected chi connectivity index (χ1v) is 5.31. The van der Waals surface area contributed by atoms with Crippen LogP contribution in [0.25, 0.3) is 0 Å². The van der Waals surface area contributed by atoms with Crippen molar-refractivity contribution in [2.75, 3.05) is 0 Å². The molecular weight excluding hydrogens is 172 g/mol. The average molecular weight is 192 g/mol. The Kier molecular flexibility index (Phi) is 7.93. The molecule has 0 radical (unpaired) electrons. The maximum Gasteiger partial charge on any atom is 0.131 e. The molecule has 0 saturated heterocycles. The lowest BCUT2D eigenvalue weighted by Gasteiger charge is -2.03. The lowest BCUT2D eigenvalue weighted by Crippen LogP contribution is -2.01. The summed E-state index contributed by atoms with van der Waals surface area (Å²) in [5.74, 6) is 2.92. The molecule has 0 rings (SSSR count). The normalized spacial score (nSPS) is 12.6. The van der Waals surface area contributed by atoms with Gasteiger partial charge in [0.25, 0.3) is 0 Å². The highest BCUT2D eigenvalue weighted by atomic mass is 16.1. The highest BCUT2D eigenvalue weighted by molar-refractivity contribution is 5.76. The predicted molar refractivity (Wildman–Crippen MR) is 60.9 cm³/mol. The third-order valence-corrected chi connectivity index (χ3v) is 2.08. The molecule has 0 amide bonds. The molecule has 0 aliphatic rings. The third-order valence-electron chi connectivity index (χ3n) is 2.08. The van der Waals surface area contributed by atoms with Crippen LogP contribution in [0.1, 0.15) is 46.0 Å². The molecule has 0 heterocycles. The van der Waals surface area contributed by atoms with Gasteiger partial charge in [-0.2, -0.15) is 0 Å². The molecule has 0 aromatic rings. The van der Waals surface area contributed by atoms with Crippen molar-refractivity contribution in [2.45, 2.75) is 46.0 Å². The molecule has 14 heavy (non-hydrogen) atoms. The van der Waals surface area contributed by atoms with Gasteiger partial charge in [-0.1, -0.05) is 31.9 Å². The summed E-state index contributed by atoms with van der Waals surface area (Å²) < 4.78 is 0. The highest BCUT2D eigenvalue weighted by Crippen LogP contribution is 2.09. The van der Waals surface area contributed by atoms with Crippen molar-refractivity contribution in [1.29, 1.82) is 0 Å². The summed E-state index contributed by atoms with van der Waals surface area (Å²) in [4.78, 5) is 10.8. The van der Waals surface area contributed by atoms with Crippen molar-refractivity contribution in [3.8, 4) is 12.3 Å². The standard InChI is InChI=1S/C13H20O/c1-4-6-7-8-9-10-13(5-2)11-12(3)14/h2,8-9,13H,4,6-7,10-11H2,1,3H3/b9-8+. The van der Waals surface area contributed by atoms with Crippen LogP contribution in [0.2, 0.25) is 0 Å². The van der Waals surface area contributed by atoms with Crippen LogP contribution < -0.4 is 0 Å². The van der Waals surface area contributed by atoms with Crippen LogP contribution in [0.3, 0.4) is 0 Å². The Labute approximate surface area is 87.6 Å². The van der Waals surface area contributed by atoms with E-state index in [1.807, 2.05) is 0 Å². The van der Waals surface area contributed by atoms with Gasteiger partial charge in [-0.05, 0) is 19.8 Å². The second-order valence-electron chi connectivity index (χ2n) is 3.62. The number of rotatable bonds is 7. The monoisotopic (exact) mass is 192 g/mol. The van der Waals surface area contributed by atoms with E-state index in [4.69, 9.17) is 6.42 Å². The van der Waals surface area contributed by atoms with E-state index in [1.54, 1.807) is 6.92 Å². The van der Waals surface area contributed by atoms with E-state index >= 15 is 0 Å². The maximum absolute atomic E-state index is 10.8. The molecule has 0 saturated carbocycles. The van der Waals surface area contributed by atoms with Crippen LogP contribution >= 0.6 is 0 Å². The van der Waals surface area contributed by atoms with Crippen molar-refractivity contribution >= 4 is 5.78 Å². The van der Waals surface area contributed by atoms with Gasteiger partial charge in [0, 0.05) is 12.3 Å². The molecule has 0 aliphatic heterocycles. The highest BCUT2D eigenvalue weighted by Gasteiger charge is 2.05. The number of unbranched alkanes of at least 4 members (excludes halogenated alkanes) is 2. The zero-order valence-corrected chi connectivity index (χ0v) is 9.25. The summed E-state index contributed by atoms with van der Waals surface area (Å²) in [6, 6.07) is 0. The summed E-state index contributed by atoms with van der Waals surface area (Å²) in [6.07, 6.45) is 14.5. The zero-order chi connectivity index (χ0) is 10.8. The maximum atomic E-state index is 10.8. The van der Waals surface area contributed by atoms with Crippen LogP contribution in [0.15, 0.2) is 12.2 Å². The Morgan fingerprint density at radius 2 is 2.21 bits per heavy atom. The molecule has 0 fully saturated rings. The van der Waals surface area contributed by atoms with Crippen molar-refractivity contribution in [3.05, 3.63) is 12.2 Å². The van der Waals surface area contributed by atoms with Crippen LogP contribution in [0, 0.1) is 18.3 Å². The van der Waals surface area contributed by atoms with Gasteiger partial charge < -0.3 is 0 Å². The second kappa shape index (κ2) is 8.56. The van der Waals surface area contributed by atoms with Gasteiger partial charge in [-0.15, -0.1) is 12.3 Å². The Morgan fingerprint density at radius 1 is 1.50 bits per heavy atom. The van der Waals surface area contributed by atoms with E-state index in [2.05, 4.69) is 25.0 Å². The number of hydrogen-bond acceptors (Lipinski definition) is 1. The molecular formula is C13H20O. The fourth-order valence-corrected chi connectivity index (χ4v) is 1.26. The van der Waals surface area contributed by atoms with Gasteiger partial charge in [0.2, 0.25) is 0 Å². The molecule has 0 aromatic heterocycles. The topological polar surface area (TPSA) is 17.1 Å². The predicted octanol–water partition coefficient (Wildman–Crippen LogP) is 3.35. The molecule has 0 N–H and O–H groups in total. The SMILES string of the molecule is C#CC(C/C=C/CCCC)CC(C)=O. The van der Waals surface area contributed by atoms with Crippen LogP contribution in [0.4, 0.5) is 0 Å². The number of ketones is 1. The molecule has 78 valence electrons. The van der Waals surface area contributed by atoms with Crippen LogP contribution in [0.5, 0.6) is 0 Å². The molecule has 1 nitrogen and oxygen atoms in total. The minimum atomic E-state index is 0.0883. The minimum Gasteiger partial charge on any atom is -0.300 e. The Balaban J connectivity index is 3.68. The summed E-state index contributed by atoms with van der Waals surface area (Å²) in [7, 11) is 0. The lowest BCUT2D eigenvalue weighted by atomic mass is 10.00. The average Bonchev–Trinajstić information content (AvgIpc) is 2.15. The Morgan fingerprint density at radius 3 is 2.71 bits per heavy atom. The summed E-state index contributed by atoms with van der Waals surface area (Å²) >= 11 is 0. The number of Topliss-reactive ketones (excluding diaryl/α,β-unsaturated/α-hetero) is 1. The zero-order valence-electron chi connectivity index (χ0n) is 9.25. The van der Waals surface area contributed by atoms with Gasteiger partial charge in [-0.25, -0.2) is 0 Å². The van der Waals surface area contributed by atoms with E-state index in [0.717, 1.165) is 12.8 Å². The van der Waals surface area contributed by atoms with Gasteiger partial charge >= 0.3 is 0 Å². The summed E-state index contributed by atoms with van der Waals surface area (Å²) in [6.45, 7) is 3.76. The summed E-state index contributed by atoms with van der Waals surface area (Å²) in [5.41, 5.74) is 0. The van der Waals surface area contributed by atoms with Gasteiger partial charge in [0.1, 0.15) is 5.78 Å². The number of allylic oxidation sites excluding steroid dienone is 2. The minimum absolute atomic E-state index is 0.0883. The van der Waals surface area contributed by atoms with Crippen LogP contribution in [-0.2, 0) is 4.79 Å². The van der Waals surface area contributed by atoms with Crippen molar-refractivity contribution < 1.29 is 4.79 Å². The molecule has 1 heteroatoms. The van der Waals surface area contributed by atoms with Crippen molar-refractivity contribution in [1.82, 2.24) is 0 Å². The van der Waals surface area contributed by atoms with E-state index < -0.39 is 0 Å². The molecule has 1 unspecified atom stereocenters. The summed E-state index contributed by atoms with van der Waals surface area (Å²) in [5, 5.41) is 0. The fourth-order valence-electron chi connectivity index (χ4n) is 1.26. The second-order valence-corrected chi connectivity index (χ2v) is 3.62. The Bertz CT molecular complexity index is 220. The van der Waals surface area contributed by atoms with E-state index in [0.29, 0.717) is 6.42 Å². The first kappa shape index (κ1) is 13.0. The molecule has 0 aliphatic carbocycles. The van der Waals surface area contributed by atoms with Crippen molar-refractivity contribution in [3.63, 3.8) is 0 Å². The van der Waals surface area contributed by atoms with Gasteiger partial charge in [-0.3, -0.25) is 4.79 Å². The van der Waals surface area contributed by atoms with Crippen LogP contribution in [-0.4, -0.2) is 5.78 Å². The van der Waals surface area contributed by atoms with E-state index in [9.17, 15) is 4.79 Å². The Hall–Kier alpha value is -1.03. The van der Waals surface area contributed by atoms with E-state index in [1.165, 1.54) is 12.8 Å². The molecule has 0 aromatic carbocycles. The first-order chi connectivity index (χ1) is 6.70. The molecule has 1 atom stereocenters.